The number of benzene rings is 1. The zero-order valence-corrected chi connectivity index (χ0v) is 22.0. The van der Waals surface area contributed by atoms with Crippen LogP contribution in [0.2, 0.25) is 0 Å². The number of carbonyl (C=O) groups excluding carboxylic acids is 2. The molecule has 0 spiro atoms. The number of halogens is 1. The van der Waals surface area contributed by atoms with Gasteiger partial charge < -0.3 is 23.6 Å². The standard InChI is InChI=1S/C13H17FO2.C10H13NO3.C5H8N2/c14-12-8-6-11(7-9-12)13(16)5-3-1-2-4-10-15;1-11-7-14-8-2-3-9-10(6-8)13-5-4-12-9;1-5-6-3-4-7(5)2/h6,8,10H,1-5,7,9H2;2-3,6,11H,4-5,7H2,1H3;3-4H,1-2H3. The zero-order valence-electron chi connectivity index (χ0n) is 22.0. The molecule has 8 nitrogen and oxygen atoms in total. The van der Waals surface area contributed by atoms with Crippen LogP contribution >= 0.6 is 0 Å². The predicted molar refractivity (Wildman–Crippen MR) is 141 cm³/mol. The fourth-order valence-corrected chi connectivity index (χ4v) is 3.40. The number of Topliss-reactive ketones (excluding diaryl/α,β-unsaturated/α-hetero) is 1. The molecule has 37 heavy (non-hydrogen) atoms. The number of aldehydes is 1. The van der Waals surface area contributed by atoms with Crippen molar-refractivity contribution in [2.45, 2.75) is 51.9 Å². The number of aryl methyl sites for hydroxylation is 2. The number of unbranched alkanes of at least 4 members (excludes halogenated alkanes) is 3. The molecule has 0 fully saturated rings. The summed E-state index contributed by atoms with van der Waals surface area (Å²) in [6.45, 7) is 3.67. The largest absolute Gasteiger partial charge is 0.486 e. The van der Waals surface area contributed by atoms with E-state index in [2.05, 4.69) is 10.3 Å². The second kappa shape index (κ2) is 17.1. The number of nitrogens with one attached hydrogen (secondary N) is 1. The Morgan fingerprint density at radius 1 is 1.16 bits per heavy atom. The average molecular weight is 516 g/mol. The van der Waals surface area contributed by atoms with Gasteiger partial charge >= 0.3 is 0 Å². The van der Waals surface area contributed by atoms with Gasteiger partial charge in [0, 0.05) is 44.8 Å². The van der Waals surface area contributed by atoms with Crippen molar-refractivity contribution < 1.29 is 28.2 Å². The van der Waals surface area contributed by atoms with Gasteiger partial charge in [0.25, 0.3) is 0 Å². The number of allylic oxidation sites excluding steroid dienone is 4. The third kappa shape index (κ3) is 11.4. The Morgan fingerprint density at radius 3 is 2.54 bits per heavy atom. The lowest BCUT2D eigenvalue weighted by molar-refractivity contribution is -0.115. The van der Waals surface area contributed by atoms with Crippen LogP contribution in [0.5, 0.6) is 17.2 Å². The van der Waals surface area contributed by atoms with E-state index in [4.69, 9.17) is 14.2 Å². The number of rotatable bonds is 10. The summed E-state index contributed by atoms with van der Waals surface area (Å²) in [5, 5.41) is 2.90. The van der Waals surface area contributed by atoms with Crippen LogP contribution in [0, 0.1) is 6.92 Å². The van der Waals surface area contributed by atoms with Gasteiger partial charge in [-0.3, -0.25) is 10.1 Å². The highest BCUT2D eigenvalue weighted by molar-refractivity contribution is 5.95. The Bertz CT molecular complexity index is 1030. The first kappa shape index (κ1) is 29.8. The van der Waals surface area contributed by atoms with Crippen LogP contribution in [0.25, 0.3) is 0 Å². The maximum atomic E-state index is 12.7. The molecule has 202 valence electrons. The molecule has 0 saturated heterocycles. The van der Waals surface area contributed by atoms with Crippen molar-refractivity contribution in [2.24, 2.45) is 7.05 Å². The highest BCUT2D eigenvalue weighted by Gasteiger charge is 2.13. The summed E-state index contributed by atoms with van der Waals surface area (Å²) in [5.41, 5.74) is 0.733. The van der Waals surface area contributed by atoms with E-state index in [0.29, 0.717) is 45.6 Å². The monoisotopic (exact) mass is 515 g/mol. The van der Waals surface area contributed by atoms with Gasteiger partial charge in [-0.25, -0.2) is 9.37 Å². The van der Waals surface area contributed by atoms with Crippen molar-refractivity contribution in [3.05, 3.63) is 60.0 Å². The molecule has 0 bridgehead atoms. The van der Waals surface area contributed by atoms with Crippen molar-refractivity contribution >= 4 is 12.1 Å². The maximum absolute atomic E-state index is 12.7. The molecule has 0 unspecified atom stereocenters. The number of nitrogens with zero attached hydrogens (tertiary/aromatic N) is 2. The fraction of sp³-hybridized carbons (Fsp3) is 0.464. The summed E-state index contributed by atoms with van der Waals surface area (Å²) >= 11 is 0. The molecule has 0 saturated carbocycles. The van der Waals surface area contributed by atoms with Gasteiger partial charge in [0.05, 0.1) is 0 Å². The predicted octanol–water partition coefficient (Wildman–Crippen LogP) is 5.02. The number of fused-ring (bicyclic) bond motifs is 1. The van der Waals surface area contributed by atoms with Crippen molar-refractivity contribution in [1.82, 2.24) is 14.9 Å². The van der Waals surface area contributed by atoms with Crippen LogP contribution in [0.1, 0.15) is 50.8 Å². The second-order valence-corrected chi connectivity index (χ2v) is 8.53. The number of ketones is 1. The molecule has 2 aliphatic rings. The van der Waals surface area contributed by atoms with Crippen LogP contribution in [0.15, 0.2) is 54.1 Å². The summed E-state index contributed by atoms with van der Waals surface area (Å²) in [6.07, 6.45) is 12.1. The van der Waals surface area contributed by atoms with E-state index in [1.165, 1.54) is 6.08 Å². The second-order valence-electron chi connectivity index (χ2n) is 8.53. The zero-order chi connectivity index (χ0) is 26.9. The Kier molecular flexibility index (Phi) is 13.7. The number of aromatic nitrogens is 2. The molecule has 1 N–H and O–H groups in total. The molecule has 0 radical (unpaired) electrons. The lowest BCUT2D eigenvalue weighted by atomic mass is 9.97. The summed E-state index contributed by atoms with van der Waals surface area (Å²) in [6, 6.07) is 5.57. The van der Waals surface area contributed by atoms with E-state index in [-0.39, 0.29) is 11.6 Å². The Hall–Kier alpha value is -3.46. The normalized spacial score (nSPS) is 13.6. The molecule has 0 atom stereocenters. The molecule has 1 aliphatic carbocycles. The van der Waals surface area contributed by atoms with Crippen LogP contribution < -0.4 is 19.5 Å². The van der Waals surface area contributed by atoms with Gasteiger partial charge in [-0.2, -0.15) is 0 Å². The lowest BCUT2D eigenvalue weighted by Gasteiger charge is -2.18. The molecule has 1 aromatic carbocycles. The minimum absolute atomic E-state index is 0.120. The summed E-state index contributed by atoms with van der Waals surface area (Å²) < 4.78 is 30.8. The average Bonchev–Trinajstić information content (AvgIpc) is 3.30. The van der Waals surface area contributed by atoms with Crippen LogP contribution in [0.3, 0.4) is 0 Å². The third-order valence-electron chi connectivity index (χ3n) is 5.64. The minimum Gasteiger partial charge on any atom is -0.486 e. The lowest BCUT2D eigenvalue weighted by Crippen LogP contribution is -2.16. The Morgan fingerprint density at radius 2 is 1.95 bits per heavy atom. The molecular formula is C28H38FN3O5. The first-order valence-electron chi connectivity index (χ1n) is 12.6. The van der Waals surface area contributed by atoms with E-state index in [9.17, 15) is 14.0 Å². The quantitative estimate of drug-likeness (QED) is 0.270. The summed E-state index contributed by atoms with van der Waals surface area (Å²) in [4.78, 5) is 25.7. The van der Waals surface area contributed by atoms with E-state index in [1.54, 1.807) is 12.3 Å². The van der Waals surface area contributed by atoms with Gasteiger partial charge in [-0.1, -0.05) is 12.5 Å². The first-order valence-corrected chi connectivity index (χ1v) is 12.6. The highest BCUT2D eigenvalue weighted by Crippen LogP contribution is 2.33. The molecule has 2 aromatic rings. The number of imidazole rings is 1. The number of ether oxygens (including phenoxy) is 3. The smallest absolute Gasteiger partial charge is 0.165 e. The first-order chi connectivity index (χ1) is 17.9. The van der Waals surface area contributed by atoms with Crippen molar-refractivity contribution in [3.8, 4) is 17.2 Å². The van der Waals surface area contributed by atoms with Crippen LogP contribution in [0.4, 0.5) is 4.39 Å². The third-order valence-corrected chi connectivity index (χ3v) is 5.64. The SMILES string of the molecule is CNCOc1ccc2c(c1)OCCO2.Cc1nccn1C.O=CCCCCCC(=O)C1=CC=C(F)CC1. The van der Waals surface area contributed by atoms with E-state index >= 15 is 0 Å². The van der Waals surface area contributed by atoms with E-state index in [0.717, 1.165) is 54.2 Å². The van der Waals surface area contributed by atoms with Gasteiger partial charge in [-0.05, 0) is 57.0 Å². The fourth-order valence-electron chi connectivity index (χ4n) is 3.40. The van der Waals surface area contributed by atoms with Gasteiger partial charge in [-0.15, -0.1) is 0 Å². The van der Waals surface area contributed by atoms with Gasteiger partial charge in [0.15, 0.2) is 17.3 Å². The number of hydrogen-bond acceptors (Lipinski definition) is 7. The molecule has 4 rings (SSSR count). The Balaban J connectivity index is 0.000000209. The van der Waals surface area contributed by atoms with Gasteiger partial charge in [0.1, 0.15) is 43.6 Å². The minimum atomic E-state index is -0.150. The molecule has 0 amide bonds. The summed E-state index contributed by atoms with van der Waals surface area (Å²) in [7, 11) is 3.81. The van der Waals surface area contributed by atoms with Crippen LogP contribution in [-0.4, -0.2) is 48.6 Å². The molecule has 9 heteroatoms. The number of carbonyl (C=O) groups is 2. The molecule has 2 heterocycles. The van der Waals surface area contributed by atoms with E-state index < -0.39 is 0 Å². The van der Waals surface area contributed by atoms with Gasteiger partial charge in [0.2, 0.25) is 0 Å². The number of hydrogen-bond donors (Lipinski definition) is 1. The highest BCUT2D eigenvalue weighted by atomic mass is 19.1. The van der Waals surface area contributed by atoms with Crippen molar-refractivity contribution in [3.63, 3.8) is 0 Å². The van der Waals surface area contributed by atoms with Crippen molar-refractivity contribution in [2.75, 3.05) is 27.0 Å². The van der Waals surface area contributed by atoms with Crippen LogP contribution in [-0.2, 0) is 16.6 Å². The molecule has 1 aliphatic heterocycles. The van der Waals surface area contributed by atoms with E-state index in [1.807, 2.05) is 50.0 Å². The molecule has 1 aromatic heterocycles. The maximum Gasteiger partial charge on any atom is 0.165 e. The summed E-state index contributed by atoms with van der Waals surface area (Å²) in [5.74, 6) is 3.35. The topological polar surface area (TPSA) is 91.7 Å². The Labute approximate surface area is 218 Å². The van der Waals surface area contributed by atoms with Crippen molar-refractivity contribution in [1.29, 1.82) is 0 Å². The molecular weight excluding hydrogens is 477 g/mol.